The lowest BCUT2D eigenvalue weighted by Crippen LogP contribution is -2.46. The van der Waals surface area contributed by atoms with Crippen LogP contribution in [0.15, 0.2) is 21.7 Å². The van der Waals surface area contributed by atoms with Gasteiger partial charge in [0, 0.05) is 19.1 Å². The van der Waals surface area contributed by atoms with Crippen molar-refractivity contribution in [2.75, 3.05) is 13.1 Å². The summed E-state index contributed by atoms with van der Waals surface area (Å²) >= 11 is 1.22. The molecule has 0 aromatic carbocycles. The predicted octanol–water partition coefficient (Wildman–Crippen LogP) is 2.06. The Morgan fingerprint density at radius 1 is 1.57 bits per heavy atom. The second kappa shape index (κ2) is 6.89. The zero-order valence-corrected chi connectivity index (χ0v) is 14.0. The van der Waals surface area contributed by atoms with Gasteiger partial charge < -0.3 is 5.32 Å². The Morgan fingerprint density at radius 2 is 2.33 bits per heavy atom. The van der Waals surface area contributed by atoms with Crippen LogP contribution in [0.1, 0.15) is 33.1 Å². The van der Waals surface area contributed by atoms with Crippen molar-refractivity contribution in [3.05, 3.63) is 17.5 Å². The van der Waals surface area contributed by atoms with E-state index in [0.29, 0.717) is 10.8 Å². The van der Waals surface area contributed by atoms with Crippen molar-refractivity contribution in [1.29, 1.82) is 0 Å². The van der Waals surface area contributed by atoms with E-state index < -0.39 is 10.0 Å². The lowest BCUT2D eigenvalue weighted by Gasteiger charge is -2.31. The van der Waals surface area contributed by atoms with Gasteiger partial charge in [0.1, 0.15) is 4.21 Å². The Balaban J connectivity index is 2.06. The smallest absolute Gasteiger partial charge is 0.252 e. The lowest BCUT2D eigenvalue weighted by atomic mass is 9.98. The number of nitrogens with one attached hydrogen (secondary N) is 1. The van der Waals surface area contributed by atoms with Gasteiger partial charge >= 0.3 is 0 Å². The van der Waals surface area contributed by atoms with Gasteiger partial charge in [0.2, 0.25) is 5.91 Å². The molecule has 7 heteroatoms. The third-order valence-electron chi connectivity index (χ3n) is 3.85. The van der Waals surface area contributed by atoms with E-state index in [1.165, 1.54) is 15.6 Å². The molecule has 1 amide bonds. The largest absolute Gasteiger partial charge is 0.353 e. The van der Waals surface area contributed by atoms with Crippen LogP contribution in [-0.4, -0.2) is 37.8 Å². The first-order valence-corrected chi connectivity index (χ1v) is 9.61. The molecule has 118 valence electrons. The van der Waals surface area contributed by atoms with Crippen LogP contribution in [0, 0.1) is 5.92 Å². The number of carbonyl (C=O) groups excluding carboxylic acids is 1. The summed E-state index contributed by atoms with van der Waals surface area (Å²) in [5.74, 6) is -0.280. The zero-order valence-electron chi connectivity index (χ0n) is 12.4. The van der Waals surface area contributed by atoms with E-state index in [0.717, 1.165) is 19.3 Å². The lowest BCUT2D eigenvalue weighted by molar-refractivity contribution is -0.126. The number of hydrogen-bond acceptors (Lipinski definition) is 4. The molecule has 0 spiro atoms. The van der Waals surface area contributed by atoms with Crippen LogP contribution < -0.4 is 5.32 Å². The molecule has 1 N–H and O–H groups in total. The third-order valence-corrected chi connectivity index (χ3v) is 7.08. The Kier molecular flexibility index (Phi) is 5.40. The number of thiophene rings is 1. The molecule has 0 bridgehead atoms. The quantitative estimate of drug-likeness (QED) is 0.899. The molecule has 0 unspecified atom stereocenters. The fourth-order valence-corrected chi connectivity index (χ4v) is 5.04. The fourth-order valence-electron chi connectivity index (χ4n) is 2.38. The summed E-state index contributed by atoms with van der Waals surface area (Å²) in [6.07, 6.45) is 2.34. The van der Waals surface area contributed by atoms with Crippen molar-refractivity contribution in [3.63, 3.8) is 0 Å². The molecule has 1 aliphatic rings. The van der Waals surface area contributed by atoms with Gasteiger partial charge in [-0.15, -0.1) is 11.3 Å². The number of nitrogens with zero attached hydrogens (tertiary/aromatic N) is 1. The maximum atomic E-state index is 12.5. The summed E-state index contributed by atoms with van der Waals surface area (Å²) in [6, 6.07) is 3.47. The summed E-state index contributed by atoms with van der Waals surface area (Å²) < 4.78 is 26.8. The number of piperidine rings is 1. The molecule has 1 aromatic rings. The highest BCUT2D eigenvalue weighted by atomic mass is 32.2. The van der Waals surface area contributed by atoms with E-state index in [1.807, 2.05) is 13.8 Å². The van der Waals surface area contributed by atoms with Gasteiger partial charge in [-0.05, 0) is 37.6 Å². The van der Waals surface area contributed by atoms with Crippen molar-refractivity contribution in [2.24, 2.45) is 5.92 Å². The van der Waals surface area contributed by atoms with E-state index >= 15 is 0 Å². The number of sulfonamides is 1. The van der Waals surface area contributed by atoms with E-state index in [9.17, 15) is 13.2 Å². The highest BCUT2D eigenvalue weighted by molar-refractivity contribution is 7.91. The molecule has 1 aromatic heterocycles. The van der Waals surface area contributed by atoms with Crippen LogP contribution in [0.5, 0.6) is 0 Å². The molecule has 0 aliphatic carbocycles. The standard InChI is InChI=1S/C14H22N2O3S2/c1-3-11(2)15-14(17)12-6-4-8-16(10-12)21(18,19)13-7-5-9-20-13/h5,7,9,11-12H,3-4,6,8,10H2,1-2H3,(H,15,17)/t11-,12+/m0/s1. The number of hydrogen-bond donors (Lipinski definition) is 1. The van der Waals surface area contributed by atoms with Gasteiger partial charge in [0.25, 0.3) is 10.0 Å². The van der Waals surface area contributed by atoms with Crippen molar-refractivity contribution < 1.29 is 13.2 Å². The second-order valence-corrected chi connectivity index (χ2v) is 8.56. The van der Waals surface area contributed by atoms with Crippen LogP contribution in [-0.2, 0) is 14.8 Å². The van der Waals surface area contributed by atoms with Crippen LogP contribution >= 0.6 is 11.3 Å². The first kappa shape index (κ1) is 16.5. The molecule has 1 aliphatic heterocycles. The highest BCUT2D eigenvalue weighted by Crippen LogP contribution is 2.26. The minimum Gasteiger partial charge on any atom is -0.353 e. The molecule has 21 heavy (non-hydrogen) atoms. The molecular formula is C14H22N2O3S2. The number of amides is 1. The molecule has 2 atom stereocenters. The highest BCUT2D eigenvalue weighted by Gasteiger charge is 2.33. The predicted molar refractivity (Wildman–Crippen MR) is 83.7 cm³/mol. The molecule has 0 saturated carbocycles. The molecular weight excluding hydrogens is 308 g/mol. The summed E-state index contributed by atoms with van der Waals surface area (Å²) in [7, 11) is -3.45. The Hall–Kier alpha value is -0.920. The summed E-state index contributed by atoms with van der Waals surface area (Å²) in [5.41, 5.74) is 0. The average Bonchev–Trinajstić information content (AvgIpc) is 3.02. The first-order valence-electron chi connectivity index (χ1n) is 7.29. The van der Waals surface area contributed by atoms with Crippen LogP contribution in [0.3, 0.4) is 0 Å². The van der Waals surface area contributed by atoms with E-state index in [2.05, 4.69) is 5.32 Å². The summed E-state index contributed by atoms with van der Waals surface area (Å²) in [4.78, 5) is 12.2. The second-order valence-electron chi connectivity index (χ2n) is 5.45. The van der Waals surface area contributed by atoms with Crippen LogP contribution in [0.4, 0.5) is 0 Å². The topological polar surface area (TPSA) is 66.5 Å². The number of carbonyl (C=O) groups is 1. The molecule has 2 rings (SSSR count). The minimum atomic E-state index is -3.45. The van der Waals surface area contributed by atoms with Gasteiger partial charge in [-0.2, -0.15) is 4.31 Å². The van der Waals surface area contributed by atoms with Crippen molar-refractivity contribution in [1.82, 2.24) is 9.62 Å². The summed E-state index contributed by atoms with van der Waals surface area (Å²) in [6.45, 7) is 4.75. The molecule has 1 fully saturated rings. The minimum absolute atomic E-state index is 0.0320. The number of rotatable bonds is 5. The Labute approximate surface area is 130 Å². The fraction of sp³-hybridized carbons (Fsp3) is 0.643. The third kappa shape index (κ3) is 3.84. The van der Waals surface area contributed by atoms with E-state index in [1.54, 1.807) is 17.5 Å². The van der Waals surface area contributed by atoms with Gasteiger partial charge in [-0.25, -0.2) is 8.42 Å². The van der Waals surface area contributed by atoms with Crippen LogP contribution in [0.25, 0.3) is 0 Å². The van der Waals surface area contributed by atoms with E-state index in [-0.39, 0.29) is 24.4 Å². The van der Waals surface area contributed by atoms with Crippen molar-refractivity contribution in [3.8, 4) is 0 Å². The molecule has 0 radical (unpaired) electrons. The van der Waals surface area contributed by atoms with Gasteiger partial charge in [-0.1, -0.05) is 13.0 Å². The maximum absolute atomic E-state index is 12.5. The SMILES string of the molecule is CC[C@H](C)NC(=O)[C@@H]1CCCN(S(=O)(=O)c2cccs2)C1. The molecule has 5 nitrogen and oxygen atoms in total. The Morgan fingerprint density at radius 3 is 2.95 bits per heavy atom. The van der Waals surface area contributed by atoms with E-state index in [4.69, 9.17) is 0 Å². The summed E-state index contributed by atoms with van der Waals surface area (Å²) in [5, 5.41) is 4.70. The zero-order chi connectivity index (χ0) is 15.5. The maximum Gasteiger partial charge on any atom is 0.252 e. The molecule has 2 heterocycles. The van der Waals surface area contributed by atoms with Gasteiger partial charge in [0.05, 0.1) is 5.92 Å². The Bertz CT molecular complexity index is 569. The van der Waals surface area contributed by atoms with Crippen molar-refractivity contribution in [2.45, 2.75) is 43.4 Å². The van der Waals surface area contributed by atoms with Crippen LogP contribution in [0.2, 0.25) is 0 Å². The average molecular weight is 330 g/mol. The van der Waals surface area contributed by atoms with Gasteiger partial charge in [-0.3, -0.25) is 4.79 Å². The monoisotopic (exact) mass is 330 g/mol. The normalized spacial score (nSPS) is 21.9. The van der Waals surface area contributed by atoms with Crippen molar-refractivity contribution >= 4 is 27.3 Å². The molecule has 1 saturated heterocycles. The first-order chi connectivity index (χ1) is 9.95. The van der Waals surface area contributed by atoms with Gasteiger partial charge in [0.15, 0.2) is 0 Å².